The quantitative estimate of drug-likeness (QED) is 0.855. The summed E-state index contributed by atoms with van der Waals surface area (Å²) in [6, 6.07) is -0.152. The molecule has 0 bridgehead atoms. The molecule has 0 radical (unpaired) electrons. The van der Waals surface area contributed by atoms with E-state index in [9.17, 15) is 9.18 Å². The smallest absolute Gasteiger partial charge is 0.325 e. The van der Waals surface area contributed by atoms with Crippen LogP contribution in [0.1, 0.15) is 17.2 Å². The van der Waals surface area contributed by atoms with Gasteiger partial charge in [0.1, 0.15) is 11.8 Å². The first-order valence-electron chi connectivity index (χ1n) is 4.41. The van der Waals surface area contributed by atoms with E-state index in [-0.39, 0.29) is 16.3 Å². The molecule has 0 saturated carbocycles. The number of halogens is 2. The average Bonchev–Trinajstić information content (AvgIpc) is 2.21. The summed E-state index contributed by atoms with van der Waals surface area (Å²) in [7, 11) is 1.31. The summed E-state index contributed by atoms with van der Waals surface area (Å²) in [6.45, 7) is 1.63. The summed E-state index contributed by atoms with van der Waals surface area (Å²) in [5, 5.41) is 8.60. The number of hydrogen-bond acceptors (Lipinski definition) is 3. The van der Waals surface area contributed by atoms with Crippen molar-refractivity contribution in [3.8, 4) is 5.75 Å². The Hall–Kier alpha value is -1.33. The predicted octanol–water partition coefficient (Wildman–Crippen LogP) is 1.88. The molecule has 0 aliphatic rings. The Morgan fingerprint density at radius 3 is 2.69 bits per heavy atom. The van der Waals surface area contributed by atoms with E-state index in [1.165, 1.54) is 13.2 Å². The molecule has 1 atom stereocenters. The summed E-state index contributed by atoms with van der Waals surface area (Å²) in [6.07, 6.45) is 0. The molecule has 0 aromatic heterocycles. The third-order valence-electron chi connectivity index (χ3n) is 2.17. The van der Waals surface area contributed by atoms with E-state index >= 15 is 0 Å². The summed E-state index contributed by atoms with van der Waals surface area (Å²) < 4.78 is 18.6. The van der Waals surface area contributed by atoms with Crippen LogP contribution in [-0.2, 0) is 4.79 Å². The Labute approximate surface area is 96.8 Å². The minimum Gasteiger partial charge on any atom is -0.496 e. The third kappa shape index (κ3) is 2.10. The van der Waals surface area contributed by atoms with Gasteiger partial charge in [-0.2, -0.15) is 0 Å². The first kappa shape index (κ1) is 12.7. The Kier molecular flexibility index (Phi) is 3.72. The minimum absolute atomic E-state index is 0.108. The monoisotopic (exact) mass is 247 g/mol. The fourth-order valence-electron chi connectivity index (χ4n) is 1.43. The first-order valence-corrected chi connectivity index (χ1v) is 4.78. The van der Waals surface area contributed by atoms with Crippen LogP contribution in [0.5, 0.6) is 5.75 Å². The van der Waals surface area contributed by atoms with E-state index in [2.05, 4.69) is 0 Å². The van der Waals surface area contributed by atoms with Gasteiger partial charge in [-0.15, -0.1) is 0 Å². The number of nitrogens with two attached hydrogens (primary N) is 1. The van der Waals surface area contributed by atoms with Gasteiger partial charge in [0.05, 0.1) is 17.7 Å². The molecule has 1 aromatic rings. The Morgan fingerprint density at radius 2 is 2.25 bits per heavy atom. The molecule has 0 aliphatic carbocycles. The molecule has 88 valence electrons. The number of hydrogen-bond donors (Lipinski definition) is 2. The fraction of sp³-hybridized carbons (Fsp3) is 0.300. The van der Waals surface area contributed by atoms with E-state index in [0.717, 1.165) is 0 Å². The lowest BCUT2D eigenvalue weighted by Crippen LogP contribution is -2.23. The molecule has 1 rings (SSSR count). The largest absolute Gasteiger partial charge is 0.496 e. The second-order valence-corrected chi connectivity index (χ2v) is 3.66. The third-order valence-corrected chi connectivity index (χ3v) is 2.45. The van der Waals surface area contributed by atoms with Crippen LogP contribution >= 0.6 is 11.6 Å². The van der Waals surface area contributed by atoms with Crippen LogP contribution in [0, 0.1) is 12.7 Å². The molecule has 0 saturated heterocycles. The van der Waals surface area contributed by atoms with E-state index in [1.54, 1.807) is 6.92 Å². The van der Waals surface area contributed by atoms with Crippen molar-refractivity contribution in [2.45, 2.75) is 13.0 Å². The van der Waals surface area contributed by atoms with E-state index in [1.807, 2.05) is 0 Å². The molecule has 0 spiro atoms. The van der Waals surface area contributed by atoms with Gasteiger partial charge in [0.2, 0.25) is 0 Å². The van der Waals surface area contributed by atoms with Gasteiger partial charge in [-0.05, 0) is 18.6 Å². The number of aliphatic carboxylic acids is 1. The zero-order valence-electron chi connectivity index (χ0n) is 8.75. The van der Waals surface area contributed by atoms with Crippen LogP contribution in [0.3, 0.4) is 0 Å². The highest BCUT2D eigenvalue weighted by Crippen LogP contribution is 2.34. The van der Waals surface area contributed by atoms with Crippen molar-refractivity contribution in [3.63, 3.8) is 0 Å². The molecule has 16 heavy (non-hydrogen) atoms. The van der Waals surface area contributed by atoms with E-state index < -0.39 is 17.8 Å². The van der Waals surface area contributed by atoms with E-state index in [4.69, 9.17) is 27.2 Å². The predicted molar refractivity (Wildman–Crippen MR) is 57.3 cm³/mol. The van der Waals surface area contributed by atoms with Gasteiger partial charge in [-0.3, -0.25) is 4.79 Å². The van der Waals surface area contributed by atoms with Crippen molar-refractivity contribution < 1.29 is 19.0 Å². The molecule has 0 amide bonds. The lowest BCUT2D eigenvalue weighted by molar-refractivity contribution is -0.138. The number of aryl methyl sites for hydroxylation is 1. The summed E-state index contributed by atoms with van der Waals surface area (Å²) >= 11 is 5.62. The highest BCUT2D eigenvalue weighted by molar-refractivity contribution is 6.31. The molecule has 1 aromatic carbocycles. The van der Waals surface area contributed by atoms with Crippen molar-refractivity contribution >= 4 is 17.6 Å². The highest BCUT2D eigenvalue weighted by atomic mass is 35.5. The van der Waals surface area contributed by atoms with Crippen LogP contribution in [0.25, 0.3) is 0 Å². The molecule has 1 unspecified atom stereocenters. The Morgan fingerprint density at radius 1 is 1.69 bits per heavy atom. The first-order chi connectivity index (χ1) is 7.40. The standard InChI is InChI=1S/C10H11ClFNO3/c1-4-3-5(11)7(12)6(9(4)16-2)8(13)10(14)15/h3,8H,13H2,1-2H3,(H,14,15). The number of ether oxygens (including phenoxy) is 1. The second-order valence-electron chi connectivity index (χ2n) is 3.25. The van der Waals surface area contributed by atoms with Crippen LogP contribution in [0.4, 0.5) is 4.39 Å². The maximum absolute atomic E-state index is 13.7. The molecular formula is C10H11ClFNO3. The van der Waals surface area contributed by atoms with Crippen LogP contribution in [0.2, 0.25) is 5.02 Å². The highest BCUT2D eigenvalue weighted by Gasteiger charge is 2.26. The topological polar surface area (TPSA) is 72.5 Å². The number of carboxylic acid groups (broad SMARTS) is 1. The maximum atomic E-state index is 13.7. The van der Waals surface area contributed by atoms with Crippen molar-refractivity contribution in [3.05, 3.63) is 28.0 Å². The fourth-order valence-corrected chi connectivity index (χ4v) is 1.70. The zero-order chi connectivity index (χ0) is 12.5. The minimum atomic E-state index is -1.51. The van der Waals surface area contributed by atoms with Crippen LogP contribution in [0.15, 0.2) is 6.07 Å². The lowest BCUT2D eigenvalue weighted by Gasteiger charge is -2.16. The van der Waals surface area contributed by atoms with Gasteiger partial charge in [0, 0.05) is 0 Å². The molecule has 3 N–H and O–H groups in total. The molecule has 0 aliphatic heterocycles. The number of carbonyl (C=O) groups is 1. The SMILES string of the molecule is COc1c(C)cc(Cl)c(F)c1C(N)C(=O)O. The Balaban J connectivity index is 3.50. The van der Waals surface area contributed by atoms with Gasteiger partial charge in [-0.1, -0.05) is 11.6 Å². The molecule has 0 heterocycles. The van der Waals surface area contributed by atoms with Crippen molar-refractivity contribution in [1.82, 2.24) is 0 Å². The van der Waals surface area contributed by atoms with Gasteiger partial charge in [0.15, 0.2) is 5.82 Å². The van der Waals surface area contributed by atoms with E-state index in [0.29, 0.717) is 5.56 Å². The van der Waals surface area contributed by atoms with Gasteiger partial charge >= 0.3 is 5.97 Å². The van der Waals surface area contributed by atoms with Gasteiger partial charge < -0.3 is 15.6 Å². The maximum Gasteiger partial charge on any atom is 0.325 e. The van der Waals surface area contributed by atoms with Crippen LogP contribution in [-0.4, -0.2) is 18.2 Å². The zero-order valence-corrected chi connectivity index (χ0v) is 9.51. The normalized spacial score (nSPS) is 12.3. The van der Waals surface area contributed by atoms with Gasteiger partial charge in [0.25, 0.3) is 0 Å². The Bertz CT molecular complexity index is 437. The van der Waals surface area contributed by atoms with Crippen molar-refractivity contribution in [2.24, 2.45) is 5.73 Å². The van der Waals surface area contributed by atoms with Crippen LogP contribution < -0.4 is 10.5 Å². The molecule has 4 nitrogen and oxygen atoms in total. The molecule has 0 fully saturated rings. The summed E-state index contributed by atoms with van der Waals surface area (Å²) in [5.41, 5.74) is 5.67. The number of methoxy groups -OCH3 is 1. The average molecular weight is 248 g/mol. The summed E-state index contributed by atoms with van der Waals surface area (Å²) in [5.74, 6) is -2.10. The number of carboxylic acids is 1. The number of benzene rings is 1. The summed E-state index contributed by atoms with van der Waals surface area (Å²) in [4.78, 5) is 10.8. The van der Waals surface area contributed by atoms with Gasteiger partial charge in [-0.25, -0.2) is 4.39 Å². The molecular weight excluding hydrogens is 237 g/mol. The lowest BCUT2D eigenvalue weighted by atomic mass is 10.0. The van der Waals surface area contributed by atoms with Crippen molar-refractivity contribution in [2.75, 3.05) is 7.11 Å². The van der Waals surface area contributed by atoms with Crippen molar-refractivity contribution in [1.29, 1.82) is 0 Å². The second kappa shape index (κ2) is 4.67. The molecule has 6 heteroatoms. The number of rotatable bonds is 3.